The normalized spacial score (nSPS) is 16.4. The monoisotopic (exact) mass is 270 g/mol. The van der Waals surface area contributed by atoms with E-state index in [9.17, 15) is 4.79 Å². The number of likely N-dealkylation sites (tertiary alicyclic amines) is 1. The van der Waals surface area contributed by atoms with Crippen molar-refractivity contribution >= 4 is 22.6 Å². The van der Waals surface area contributed by atoms with Crippen LogP contribution in [0.25, 0.3) is 11.0 Å². The summed E-state index contributed by atoms with van der Waals surface area (Å²) in [6.07, 6.45) is 5.38. The van der Waals surface area contributed by atoms with Crippen LogP contribution in [0.1, 0.15) is 19.8 Å². The average Bonchev–Trinajstić information content (AvgIpc) is 2.48. The lowest BCUT2D eigenvalue weighted by Gasteiger charge is -2.32. The zero-order valence-electron chi connectivity index (χ0n) is 11.5. The predicted octanol–water partition coefficient (Wildman–Crippen LogP) is 2.05. The summed E-state index contributed by atoms with van der Waals surface area (Å²) in [6, 6.07) is 6.46. The molecule has 1 fully saturated rings. The number of aromatic nitrogens is 2. The minimum absolute atomic E-state index is 0.171. The molecule has 0 saturated carbocycles. The van der Waals surface area contributed by atoms with Crippen LogP contribution in [-0.2, 0) is 4.79 Å². The summed E-state index contributed by atoms with van der Waals surface area (Å²) in [6.45, 7) is 3.30. The number of nitrogens with one attached hydrogen (secondary N) is 1. The van der Waals surface area contributed by atoms with E-state index in [-0.39, 0.29) is 5.91 Å². The van der Waals surface area contributed by atoms with Crippen molar-refractivity contribution in [1.29, 1.82) is 0 Å². The SMILES string of the molecule is CC(=O)N1CCC(Nc2ccc3nccnc3c2)CC1. The molecule has 1 aliphatic rings. The number of nitrogens with zero attached hydrogens (tertiary/aromatic N) is 3. The van der Waals surface area contributed by atoms with E-state index >= 15 is 0 Å². The van der Waals surface area contributed by atoms with Crippen molar-refractivity contribution in [1.82, 2.24) is 14.9 Å². The molecule has 0 spiro atoms. The smallest absolute Gasteiger partial charge is 0.219 e. The van der Waals surface area contributed by atoms with Crippen LogP contribution in [0.3, 0.4) is 0 Å². The summed E-state index contributed by atoms with van der Waals surface area (Å²) in [5, 5.41) is 3.53. The van der Waals surface area contributed by atoms with Crippen LogP contribution < -0.4 is 5.32 Å². The molecule has 104 valence electrons. The van der Waals surface area contributed by atoms with Gasteiger partial charge in [-0.1, -0.05) is 0 Å². The van der Waals surface area contributed by atoms with Crippen molar-refractivity contribution in [2.24, 2.45) is 0 Å². The predicted molar refractivity (Wildman–Crippen MR) is 78.4 cm³/mol. The molecule has 0 aliphatic carbocycles. The van der Waals surface area contributed by atoms with Crippen LogP contribution in [0.5, 0.6) is 0 Å². The summed E-state index contributed by atoms with van der Waals surface area (Å²) in [5.41, 5.74) is 2.88. The van der Waals surface area contributed by atoms with Crippen molar-refractivity contribution in [3.8, 4) is 0 Å². The molecule has 0 bridgehead atoms. The lowest BCUT2D eigenvalue weighted by atomic mass is 10.0. The van der Waals surface area contributed by atoms with E-state index in [2.05, 4.69) is 15.3 Å². The topological polar surface area (TPSA) is 58.1 Å². The minimum atomic E-state index is 0.171. The van der Waals surface area contributed by atoms with Crippen LogP contribution in [0.15, 0.2) is 30.6 Å². The number of fused-ring (bicyclic) bond motifs is 1. The average molecular weight is 270 g/mol. The van der Waals surface area contributed by atoms with Crippen LogP contribution in [0.2, 0.25) is 0 Å². The Labute approximate surface area is 118 Å². The summed E-state index contributed by atoms with van der Waals surface area (Å²) in [4.78, 5) is 21.8. The molecule has 5 nitrogen and oxygen atoms in total. The van der Waals surface area contributed by atoms with Gasteiger partial charge in [0, 0.05) is 44.1 Å². The molecule has 20 heavy (non-hydrogen) atoms. The zero-order chi connectivity index (χ0) is 13.9. The fourth-order valence-electron chi connectivity index (χ4n) is 2.63. The van der Waals surface area contributed by atoms with Crippen molar-refractivity contribution in [2.45, 2.75) is 25.8 Å². The molecule has 1 aliphatic heterocycles. The molecular weight excluding hydrogens is 252 g/mol. The second kappa shape index (κ2) is 5.45. The number of piperidine rings is 1. The minimum Gasteiger partial charge on any atom is -0.382 e. The van der Waals surface area contributed by atoms with E-state index < -0.39 is 0 Å². The Bertz CT molecular complexity index is 620. The Hall–Kier alpha value is -2.17. The maximum absolute atomic E-state index is 11.3. The molecule has 1 aromatic heterocycles. The van der Waals surface area contributed by atoms with E-state index in [1.54, 1.807) is 19.3 Å². The first-order chi connectivity index (χ1) is 9.72. The van der Waals surface area contributed by atoms with E-state index in [0.29, 0.717) is 6.04 Å². The Morgan fingerprint density at radius 1 is 1.20 bits per heavy atom. The molecule has 1 N–H and O–H groups in total. The molecule has 1 amide bonds. The van der Waals surface area contributed by atoms with Gasteiger partial charge in [-0.15, -0.1) is 0 Å². The quantitative estimate of drug-likeness (QED) is 0.907. The highest BCUT2D eigenvalue weighted by Gasteiger charge is 2.20. The number of carbonyl (C=O) groups is 1. The summed E-state index contributed by atoms with van der Waals surface area (Å²) >= 11 is 0. The number of carbonyl (C=O) groups excluding carboxylic acids is 1. The van der Waals surface area contributed by atoms with Gasteiger partial charge in [-0.2, -0.15) is 0 Å². The molecule has 0 radical (unpaired) electrons. The maximum Gasteiger partial charge on any atom is 0.219 e. The van der Waals surface area contributed by atoms with Gasteiger partial charge in [0.25, 0.3) is 0 Å². The summed E-state index contributed by atoms with van der Waals surface area (Å²) < 4.78 is 0. The third kappa shape index (κ3) is 2.71. The second-order valence-corrected chi connectivity index (χ2v) is 5.18. The van der Waals surface area contributed by atoms with E-state index in [4.69, 9.17) is 0 Å². The molecule has 5 heteroatoms. The van der Waals surface area contributed by atoms with Gasteiger partial charge in [0.1, 0.15) is 0 Å². The first-order valence-electron chi connectivity index (χ1n) is 6.95. The molecule has 0 atom stereocenters. The Balaban J connectivity index is 1.66. The van der Waals surface area contributed by atoms with Gasteiger partial charge in [-0.3, -0.25) is 14.8 Å². The third-order valence-corrected chi connectivity index (χ3v) is 3.78. The molecule has 1 saturated heterocycles. The number of benzene rings is 1. The van der Waals surface area contributed by atoms with Gasteiger partial charge in [0.2, 0.25) is 5.91 Å². The molecule has 1 aromatic carbocycles. The molecule has 0 unspecified atom stereocenters. The van der Waals surface area contributed by atoms with Gasteiger partial charge in [0.15, 0.2) is 0 Å². The Morgan fingerprint density at radius 3 is 2.60 bits per heavy atom. The second-order valence-electron chi connectivity index (χ2n) is 5.18. The zero-order valence-corrected chi connectivity index (χ0v) is 11.5. The first kappa shape index (κ1) is 12.8. The largest absolute Gasteiger partial charge is 0.382 e. The highest BCUT2D eigenvalue weighted by Crippen LogP contribution is 2.19. The van der Waals surface area contributed by atoms with Crippen molar-refractivity contribution in [2.75, 3.05) is 18.4 Å². The lowest BCUT2D eigenvalue weighted by molar-refractivity contribution is -0.129. The van der Waals surface area contributed by atoms with Crippen LogP contribution >= 0.6 is 0 Å². The number of anilines is 1. The first-order valence-corrected chi connectivity index (χ1v) is 6.95. The third-order valence-electron chi connectivity index (χ3n) is 3.78. The van der Waals surface area contributed by atoms with E-state index in [0.717, 1.165) is 42.7 Å². The highest BCUT2D eigenvalue weighted by molar-refractivity contribution is 5.78. The number of amides is 1. The summed E-state index contributed by atoms with van der Waals surface area (Å²) in [5.74, 6) is 0.171. The number of hydrogen-bond acceptors (Lipinski definition) is 4. The van der Waals surface area contributed by atoms with Gasteiger partial charge in [0.05, 0.1) is 11.0 Å². The van der Waals surface area contributed by atoms with Gasteiger partial charge in [-0.25, -0.2) is 0 Å². The van der Waals surface area contributed by atoms with Crippen molar-refractivity contribution < 1.29 is 4.79 Å². The lowest BCUT2D eigenvalue weighted by Crippen LogP contribution is -2.41. The van der Waals surface area contributed by atoms with Crippen LogP contribution in [-0.4, -0.2) is 39.9 Å². The molecule has 3 rings (SSSR count). The van der Waals surface area contributed by atoms with Crippen molar-refractivity contribution in [3.05, 3.63) is 30.6 Å². The standard InChI is InChI=1S/C15H18N4O/c1-11(20)19-8-4-12(5-9-19)18-13-2-3-14-15(10-13)17-7-6-16-14/h2-3,6-7,10,12,18H,4-5,8-9H2,1H3. The molecular formula is C15H18N4O. The van der Waals surface area contributed by atoms with E-state index in [1.807, 2.05) is 23.1 Å². The van der Waals surface area contributed by atoms with E-state index in [1.165, 1.54) is 0 Å². The Kier molecular flexibility index (Phi) is 3.50. The van der Waals surface area contributed by atoms with Crippen molar-refractivity contribution in [3.63, 3.8) is 0 Å². The number of hydrogen-bond donors (Lipinski definition) is 1. The Morgan fingerprint density at radius 2 is 1.90 bits per heavy atom. The fraction of sp³-hybridized carbons (Fsp3) is 0.400. The number of rotatable bonds is 2. The van der Waals surface area contributed by atoms with Crippen LogP contribution in [0.4, 0.5) is 5.69 Å². The summed E-state index contributed by atoms with van der Waals surface area (Å²) in [7, 11) is 0. The van der Waals surface area contributed by atoms with Gasteiger partial charge < -0.3 is 10.2 Å². The van der Waals surface area contributed by atoms with Gasteiger partial charge >= 0.3 is 0 Å². The van der Waals surface area contributed by atoms with Crippen LogP contribution in [0, 0.1) is 0 Å². The maximum atomic E-state index is 11.3. The molecule has 2 heterocycles. The molecule has 2 aromatic rings. The fourth-order valence-corrected chi connectivity index (χ4v) is 2.63. The highest BCUT2D eigenvalue weighted by atomic mass is 16.2. The van der Waals surface area contributed by atoms with Gasteiger partial charge in [-0.05, 0) is 31.0 Å².